The van der Waals surface area contributed by atoms with Crippen molar-refractivity contribution in [3.8, 4) is 6.07 Å². The van der Waals surface area contributed by atoms with Crippen LogP contribution in [0.5, 0.6) is 0 Å². The highest BCUT2D eigenvalue weighted by molar-refractivity contribution is 5.90. The standard InChI is InChI=1S/C15H17N5O/c1-3-8-20(15(21)14-17-11(2)18-19-14)10-13-6-4-12(9-16)5-7-13/h4-7H,3,8,10H2,1-2H3,(H,17,18,19). The number of benzene rings is 1. The first kappa shape index (κ1) is 14.7. The zero-order valence-corrected chi connectivity index (χ0v) is 12.1. The molecule has 0 aliphatic carbocycles. The molecular formula is C15H17N5O. The Kier molecular flexibility index (Phi) is 4.67. The van der Waals surface area contributed by atoms with Crippen molar-refractivity contribution in [2.24, 2.45) is 0 Å². The van der Waals surface area contributed by atoms with E-state index in [1.807, 2.05) is 19.1 Å². The molecule has 6 nitrogen and oxygen atoms in total. The monoisotopic (exact) mass is 283 g/mol. The van der Waals surface area contributed by atoms with Crippen LogP contribution in [0.2, 0.25) is 0 Å². The highest BCUT2D eigenvalue weighted by Gasteiger charge is 2.19. The fraction of sp³-hybridized carbons (Fsp3) is 0.333. The van der Waals surface area contributed by atoms with Gasteiger partial charge in [0.2, 0.25) is 5.82 Å². The summed E-state index contributed by atoms with van der Waals surface area (Å²) >= 11 is 0. The molecule has 2 aromatic rings. The molecule has 0 spiro atoms. The van der Waals surface area contributed by atoms with Crippen LogP contribution in [0.25, 0.3) is 0 Å². The highest BCUT2D eigenvalue weighted by Crippen LogP contribution is 2.10. The molecule has 21 heavy (non-hydrogen) atoms. The molecule has 0 fully saturated rings. The van der Waals surface area contributed by atoms with Crippen LogP contribution in [0.4, 0.5) is 0 Å². The van der Waals surface area contributed by atoms with Crippen molar-refractivity contribution in [3.05, 3.63) is 47.0 Å². The number of rotatable bonds is 5. The van der Waals surface area contributed by atoms with Crippen molar-refractivity contribution < 1.29 is 4.79 Å². The number of carbonyl (C=O) groups is 1. The summed E-state index contributed by atoms with van der Waals surface area (Å²) in [6.07, 6.45) is 0.853. The number of nitriles is 1. The molecule has 108 valence electrons. The van der Waals surface area contributed by atoms with E-state index >= 15 is 0 Å². The number of aromatic amines is 1. The van der Waals surface area contributed by atoms with Crippen LogP contribution < -0.4 is 0 Å². The van der Waals surface area contributed by atoms with E-state index in [1.165, 1.54) is 0 Å². The van der Waals surface area contributed by atoms with Crippen LogP contribution >= 0.6 is 0 Å². The van der Waals surface area contributed by atoms with Crippen molar-refractivity contribution in [1.82, 2.24) is 20.1 Å². The quantitative estimate of drug-likeness (QED) is 0.909. The second kappa shape index (κ2) is 6.66. The van der Waals surface area contributed by atoms with Gasteiger partial charge in [-0.1, -0.05) is 19.1 Å². The molecule has 1 aromatic carbocycles. The summed E-state index contributed by atoms with van der Waals surface area (Å²) in [5, 5.41) is 15.4. The molecular weight excluding hydrogens is 266 g/mol. The number of hydrogen-bond donors (Lipinski definition) is 1. The van der Waals surface area contributed by atoms with Crippen molar-refractivity contribution in [1.29, 1.82) is 5.26 Å². The van der Waals surface area contributed by atoms with Gasteiger partial charge >= 0.3 is 0 Å². The van der Waals surface area contributed by atoms with Crippen molar-refractivity contribution in [2.75, 3.05) is 6.54 Å². The number of amides is 1. The largest absolute Gasteiger partial charge is 0.332 e. The molecule has 0 radical (unpaired) electrons. The normalized spacial score (nSPS) is 10.1. The van der Waals surface area contributed by atoms with Gasteiger partial charge in [-0.2, -0.15) is 5.26 Å². The van der Waals surface area contributed by atoms with Gasteiger partial charge in [-0.05, 0) is 31.0 Å². The van der Waals surface area contributed by atoms with Crippen molar-refractivity contribution in [2.45, 2.75) is 26.8 Å². The van der Waals surface area contributed by atoms with Crippen LogP contribution in [0, 0.1) is 18.3 Å². The Morgan fingerprint density at radius 3 is 2.62 bits per heavy atom. The van der Waals surface area contributed by atoms with E-state index in [9.17, 15) is 4.79 Å². The fourth-order valence-corrected chi connectivity index (χ4v) is 2.01. The maximum Gasteiger partial charge on any atom is 0.293 e. The average Bonchev–Trinajstić information content (AvgIpc) is 2.93. The first-order chi connectivity index (χ1) is 10.1. The molecule has 1 heterocycles. The summed E-state index contributed by atoms with van der Waals surface area (Å²) in [6.45, 7) is 4.88. The van der Waals surface area contributed by atoms with Crippen LogP contribution in [0.15, 0.2) is 24.3 Å². The molecule has 0 saturated carbocycles. The molecule has 6 heteroatoms. The molecule has 1 N–H and O–H groups in total. The molecule has 0 aliphatic rings. The lowest BCUT2D eigenvalue weighted by Gasteiger charge is -2.20. The predicted octanol–water partition coefficient (Wildman–Crippen LogP) is 2.04. The van der Waals surface area contributed by atoms with Crippen LogP contribution in [-0.4, -0.2) is 32.5 Å². The molecule has 1 amide bonds. The van der Waals surface area contributed by atoms with Gasteiger partial charge in [-0.25, -0.2) is 4.98 Å². The number of aryl methyl sites for hydroxylation is 1. The van der Waals surface area contributed by atoms with Crippen LogP contribution in [0.1, 0.15) is 40.9 Å². The Morgan fingerprint density at radius 2 is 2.10 bits per heavy atom. The molecule has 0 atom stereocenters. The Labute approximate surface area is 123 Å². The van der Waals surface area contributed by atoms with Crippen LogP contribution in [0.3, 0.4) is 0 Å². The number of aromatic nitrogens is 3. The van der Waals surface area contributed by atoms with E-state index in [2.05, 4.69) is 21.3 Å². The minimum atomic E-state index is -0.189. The van der Waals surface area contributed by atoms with E-state index in [-0.39, 0.29) is 11.7 Å². The summed E-state index contributed by atoms with van der Waals surface area (Å²) in [4.78, 5) is 18.2. The second-order valence-corrected chi connectivity index (χ2v) is 4.78. The Balaban J connectivity index is 2.14. The van der Waals surface area contributed by atoms with E-state index in [0.29, 0.717) is 24.5 Å². The third-order valence-electron chi connectivity index (χ3n) is 3.03. The highest BCUT2D eigenvalue weighted by atomic mass is 16.2. The van der Waals surface area contributed by atoms with E-state index < -0.39 is 0 Å². The summed E-state index contributed by atoms with van der Waals surface area (Å²) in [5.74, 6) is 0.619. The predicted molar refractivity (Wildman–Crippen MR) is 77.3 cm³/mol. The molecule has 0 aliphatic heterocycles. The van der Waals surface area contributed by atoms with Gasteiger partial charge in [0.15, 0.2) is 0 Å². The van der Waals surface area contributed by atoms with Crippen LogP contribution in [-0.2, 0) is 6.54 Å². The first-order valence-electron chi connectivity index (χ1n) is 6.81. The van der Waals surface area contributed by atoms with Gasteiger partial charge in [-0.3, -0.25) is 9.89 Å². The summed E-state index contributed by atoms with van der Waals surface area (Å²) in [5.41, 5.74) is 1.58. The van der Waals surface area contributed by atoms with Gasteiger partial charge in [0, 0.05) is 13.1 Å². The molecule has 0 bridgehead atoms. The minimum absolute atomic E-state index is 0.189. The van der Waals surface area contributed by atoms with Gasteiger partial charge in [0.05, 0.1) is 11.6 Å². The Morgan fingerprint density at radius 1 is 1.38 bits per heavy atom. The maximum atomic E-state index is 12.4. The number of nitrogens with one attached hydrogen (secondary N) is 1. The topological polar surface area (TPSA) is 85.7 Å². The zero-order chi connectivity index (χ0) is 15.2. The number of H-pyrrole nitrogens is 1. The average molecular weight is 283 g/mol. The van der Waals surface area contributed by atoms with E-state index in [1.54, 1.807) is 24.0 Å². The second-order valence-electron chi connectivity index (χ2n) is 4.78. The minimum Gasteiger partial charge on any atom is -0.332 e. The molecule has 2 rings (SSSR count). The fourth-order valence-electron chi connectivity index (χ4n) is 2.01. The summed E-state index contributed by atoms with van der Waals surface area (Å²) in [6, 6.07) is 9.30. The lowest BCUT2D eigenvalue weighted by molar-refractivity contribution is 0.0731. The Hall–Kier alpha value is -2.68. The Bertz CT molecular complexity index is 653. The lowest BCUT2D eigenvalue weighted by Crippen LogP contribution is -2.32. The van der Waals surface area contributed by atoms with Gasteiger partial charge < -0.3 is 4.90 Å². The van der Waals surface area contributed by atoms with Crippen molar-refractivity contribution >= 4 is 5.91 Å². The zero-order valence-electron chi connectivity index (χ0n) is 12.1. The third kappa shape index (κ3) is 3.66. The third-order valence-corrected chi connectivity index (χ3v) is 3.03. The molecule has 1 aromatic heterocycles. The van der Waals surface area contributed by atoms with E-state index in [0.717, 1.165) is 12.0 Å². The molecule has 0 saturated heterocycles. The summed E-state index contributed by atoms with van der Waals surface area (Å²) < 4.78 is 0. The van der Waals surface area contributed by atoms with Gasteiger partial charge in [0.1, 0.15) is 5.82 Å². The number of hydrogen-bond acceptors (Lipinski definition) is 4. The number of nitrogens with zero attached hydrogens (tertiary/aromatic N) is 4. The van der Waals surface area contributed by atoms with Crippen molar-refractivity contribution in [3.63, 3.8) is 0 Å². The SMILES string of the molecule is CCCN(Cc1ccc(C#N)cc1)C(=O)c1n[nH]c(C)n1. The van der Waals surface area contributed by atoms with Gasteiger partial charge in [-0.15, -0.1) is 5.10 Å². The van der Waals surface area contributed by atoms with E-state index in [4.69, 9.17) is 5.26 Å². The van der Waals surface area contributed by atoms with Gasteiger partial charge in [0.25, 0.3) is 5.91 Å². The summed E-state index contributed by atoms with van der Waals surface area (Å²) in [7, 11) is 0. The first-order valence-corrected chi connectivity index (χ1v) is 6.81. The maximum absolute atomic E-state index is 12.4. The number of carbonyl (C=O) groups excluding carboxylic acids is 1. The lowest BCUT2D eigenvalue weighted by atomic mass is 10.1. The smallest absolute Gasteiger partial charge is 0.293 e. The molecule has 0 unspecified atom stereocenters.